The molecule has 0 N–H and O–H groups in total. The van der Waals surface area contributed by atoms with E-state index in [2.05, 4.69) is 98.9 Å². The number of hydrogen-bond donors (Lipinski definition) is 0. The molecule has 0 saturated heterocycles. The van der Waals surface area contributed by atoms with E-state index in [1.165, 1.54) is 12.8 Å². The van der Waals surface area contributed by atoms with Gasteiger partial charge in [-0.1, -0.05) is 144 Å². The second kappa shape index (κ2) is 40.3. The maximum absolute atomic E-state index is 12.7. The van der Waals surface area contributed by atoms with Crippen molar-refractivity contribution in [1.29, 1.82) is 0 Å². The average Bonchev–Trinajstić information content (AvgIpc) is 3.18. The topological polar surface area (TPSA) is 102 Å². The number of aliphatic carboxylic acids is 1. The zero-order valence-corrected chi connectivity index (χ0v) is 37.4. The third-order valence-electron chi connectivity index (χ3n) is 9.53. The number of hydrogen-bond acceptors (Lipinski definition) is 7. The van der Waals surface area contributed by atoms with E-state index < -0.39 is 18.1 Å². The normalized spacial score (nSPS) is 13.7. The predicted molar refractivity (Wildman–Crippen MR) is 240 cm³/mol. The molecule has 8 nitrogen and oxygen atoms in total. The summed E-state index contributed by atoms with van der Waals surface area (Å²) in [5.41, 5.74) is 0. The molecule has 0 spiro atoms. The molecule has 0 rings (SSSR count). The Balaban J connectivity index is 4.35. The SMILES string of the molecule is CC/C=C/C/C=C/C/C=C/C/C=C/C/C=C/CCCCCCCCC(=O)OC(COCCC(C(=O)[O-])[N+](C)(C)C)COC(=O)CCCCCCC/C=C/C/C=C/CC. The fraction of sp³-hybridized carbons (Fsp3) is 0.660. The van der Waals surface area contributed by atoms with Crippen molar-refractivity contribution in [2.45, 2.75) is 174 Å². The number of carboxylic acids is 1. The monoisotopic (exact) mass is 810 g/mol. The molecule has 2 unspecified atom stereocenters. The molecular weight excluding hydrogens is 727 g/mol. The number of nitrogens with zero attached hydrogens (tertiary/aromatic N) is 1. The van der Waals surface area contributed by atoms with Gasteiger partial charge in [-0.15, -0.1) is 0 Å². The first-order chi connectivity index (χ1) is 28.1. The van der Waals surface area contributed by atoms with E-state index in [1.54, 1.807) is 21.1 Å². The molecule has 330 valence electrons. The number of carbonyl (C=O) groups excluding carboxylic acids is 3. The Kier molecular flexibility index (Phi) is 37.9. The molecule has 0 heterocycles. The Morgan fingerprint density at radius 1 is 0.517 bits per heavy atom. The van der Waals surface area contributed by atoms with E-state index >= 15 is 0 Å². The van der Waals surface area contributed by atoms with Crippen LogP contribution in [0.15, 0.2) is 85.1 Å². The quantitative estimate of drug-likeness (QED) is 0.0264. The van der Waals surface area contributed by atoms with Gasteiger partial charge in [-0.3, -0.25) is 9.59 Å². The second-order valence-corrected chi connectivity index (χ2v) is 15.9. The molecule has 0 aromatic carbocycles. The summed E-state index contributed by atoms with van der Waals surface area (Å²) in [6.45, 7) is 4.39. The lowest BCUT2D eigenvalue weighted by molar-refractivity contribution is -0.889. The molecule has 2 atom stereocenters. The fourth-order valence-corrected chi connectivity index (χ4v) is 6.07. The Hall–Kier alpha value is -3.49. The molecule has 0 bridgehead atoms. The Bertz CT molecular complexity index is 1220. The Morgan fingerprint density at radius 3 is 1.34 bits per heavy atom. The van der Waals surface area contributed by atoms with Crippen LogP contribution in [0, 0.1) is 0 Å². The summed E-state index contributed by atoms with van der Waals surface area (Å²) in [7, 11) is 5.39. The van der Waals surface area contributed by atoms with Crippen LogP contribution in [0.3, 0.4) is 0 Å². The number of allylic oxidation sites excluding steroid dienone is 14. The minimum Gasteiger partial charge on any atom is -0.544 e. The number of carbonyl (C=O) groups is 3. The van der Waals surface area contributed by atoms with Gasteiger partial charge in [-0.2, -0.15) is 0 Å². The van der Waals surface area contributed by atoms with Crippen LogP contribution in [0.25, 0.3) is 0 Å². The first kappa shape index (κ1) is 54.5. The molecule has 0 amide bonds. The average molecular weight is 810 g/mol. The van der Waals surface area contributed by atoms with Gasteiger partial charge < -0.3 is 28.6 Å². The van der Waals surface area contributed by atoms with Gasteiger partial charge >= 0.3 is 11.9 Å². The number of quaternary nitrogens is 1. The lowest BCUT2D eigenvalue weighted by Gasteiger charge is -2.34. The van der Waals surface area contributed by atoms with Gasteiger partial charge in [-0.25, -0.2) is 0 Å². The zero-order valence-electron chi connectivity index (χ0n) is 37.4. The smallest absolute Gasteiger partial charge is 0.306 e. The van der Waals surface area contributed by atoms with Gasteiger partial charge in [0.1, 0.15) is 12.6 Å². The minimum absolute atomic E-state index is 0.0250. The molecule has 58 heavy (non-hydrogen) atoms. The van der Waals surface area contributed by atoms with E-state index in [4.69, 9.17) is 14.2 Å². The van der Waals surface area contributed by atoms with E-state index in [1.807, 2.05) is 0 Å². The molecule has 0 saturated carbocycles. The molecule has 0 aliphatic rings. The van der Waals surface area contributed by atoms with Crippen LogP contribution in [-0.4, -0.2) is 75.5 Å². The molecule has 0 fully saturated rings. The second-order valence-electron chi connectivity index (χ2n) is 15.9. The lowest BCUT2D eigenvalue weighted by Crippen LogP contribution is -2.55. The molecule has 0 aromatic rings. The largest absolute Gasteiger partial charge is 0.544 e. The van der Waals surface area contributed by atoms with Gasteiger partial charge in [0.15, 0.2) is 6.10 Å². The van der Waals surface area contributed by atoms with Crippen molar-refractivity contribution in [3.05, 3.63) is 85.1 Å². The summed E-state index contributed by atoms with van der Waals surface area (Å²) in [6, 6.07) is -0.735. The van der Waals surface area contributed by atoms with Crippen LogP contribution in [0.4, 0.5) is 0 Å². The summed E-state index contributed by atoms with van der Waals surface area (Å²) in [6.07, 6.45) is 51.8. The molecular formula is C50H83NO7. The van der Waals surface area contributed by atoms with Gasteiger partial charge in [0.2, 0.25) is 0 Å². The van der Waals surface area contributed by atoms with E-state index in [9.17, 15) is 19.5 Å². The highest BCUT2D eigenvalue weighted by Crippen LogP contribution is 2.13. The number of ether oxygens (including phenoxy) is 3. The van der Waals surface area contributed by atoms with Gasteiger partial charge in [0.25, 0.3) is 0 Å². The van der Waals surface area contributed by atoms with Gasteiger partial charge in [0, 0.05) is 19.3 Å². The van der Waals surface area contributed by atoms with Crippen LogP contribution in [-0.2, 0) is 28.6 Å². The maximum Gasteiger partial charge on any atom is 0.306 e. The Labute approximate surface area is 354 Å². The van der Waals surface area contributed by atoms with Crippen LogP contribution >= 0.6 is 0 Å². The van der Waals surface area contributed by atoms with Crippen LogP contribution in [0.1, 0.15) is 162 Å². The van der Waals surface area contributed by atoms with Crippen LogP contribution in [0.2, 0.25) is 0 Å². The highest BCUT2D eigenvalue weighted by atomic mass is 16.6. The van der Waals surface area contributed by atoms with Crippen molar-refractivity contribution in [2.24, 2.45) is 0 Å². The van der Waals surface area contributed by atoms with E-state index in [-0.39, 0.29) is 42.7 Å². The summed E-state index contributed by atoms with van der Waals surface area (Å²) >= 11 is 0. The summed E-state index contributed by atoms with van der Waals surface area (Å²) in [5.74, 6) is -1.78. The van der Waals surface area contributed by atoms with Gasteiger partial charge in [-0.05, 0) is 83.5 Å². The zero-order chi connectivity index (χ0) is 42.8. The molecule has 0 aliphatic carbocycles. The summed E-state index contributed by atoms with van der Waals surface area (Å²) in [5, 5.41) is 11.6. The lowest BCUT2D eigenvalue weighted by atomic mass is 10.1. The van der Waals surface area contributed by atoms with Crippen molar-refractivity contribution in [3.8, 4) is 0 Å². The van der Waals surface area contributed by atoms with Gasteiger partial charge in [0.05, 0.1) is 40.3 Å². The van der Waals surface area contributed by atoms with E-state index in [0.29, 0.717) is 12.8 Å². The molecule has 0 aromatic heterocycles. The minimum atomic E-state index is -1.13. The molecule has 8 heteroatoms. The molecule has 0 aliphatic heterocycles. The Morgan fingerprint density at radius 2 is 0.914 bits per heavy atom. The molecule has 0 radical (unpaired) electrons. The van der Waals surface area contributed by atoms with E-state index in [0.717, 1.165) is 116 Å². The highest BCUT2D eigenvalue weighted by molar-refractivity contribution is 5.70. The third-order valence-corrected chi connectivity index (χ3v) is 9.53. The predicted octanol–water partition coefficient (Wildman–Crippen LogP) is 11.2. The summed E-state index contributed by atoms with van der Waals surface area (Å²) in [4.78, 5) is 36.9. The number of likely N-dealkylation sites (N-methyl/N-ethyl adjacent to an activating group) is 1. The first-order valence-electron chi connectivity index (χ1n) is 22.6. The van der Waals surface area contributed by atoms with Crippen molar-refractivity contribution in [2.75, 3.05) is 41.0 Å². The van der Waals surface area contributed by atoms with Crippen molar-refractivity contribution < 1.29 is 38.2 Å². The summed E-state index contributed by atoms with van der Waals surface area (Å²) < 4.78 is 17.1. The van der Waals surface area contributed by atoms with Crippen LogP contribution in [0.5, 0.6) is 0 Å². The number of rotatable bonds is 39. The number of esters is 2. The van der Waals surface area contributed by atoms with Crippen molar-refractivity contribution in [3.63, 3.8) is 0 Å². The maximum atomic E-state index is 12.7. The van der Waals surface area contributed by atoms with Crippen LogP contribution < -0.4 is 5.11 Å². The number of carboxylic acid groups (broad SMARTS) is 1. The fourth-order valence-electron chi connectivity index (χ4n) is 6.07. The number of unbranched alkanes of at least 4 members (excludes halogenated alkanes) is 11. The van der Waals surface area contributed by atoms with Crippen molar-refractivity contribution >= 4 is 17.9 Å². The first-order valence-corrected chi connectivity index (χ1v) is 22.6. The standard InChI is InChI=1S/C50H83NO7/c1-6-8-10-12-14-16-18-20-21-22-23-24-25-26-27-28-29-31-33-35-37-39-41-49(53)58-46(44-56-43-42-47(50(54)55)51(3,4)5)45-57-48(52)40-38-36-34-32-30-19-17-15-13-11-9-7-2/h8-11,14-17,20-21,23-24,26-27,46-47H,6-7,12-13,18-19,22,25,28-45H2,1-5H3/b10-8+,11-9+,16-14+,17-15+,21-20+,24-23+,27-26+. The third kappa shape index (κ3) is 38.1. The highest BCUT2D eigenvalue weighted by Gasteiger charge is 2.25. The van der Waals surface area contributed by atoms with Crippen molar-refractivity contribution in [1.82, 2.24) is 0 Å².